The van der Waals surface area contributed by atoms with Gasteiger partial charge in [0.1, 0.15) is 0 Å². The molecule has 0 unspecified atom stereocenters. The quantitative estimate of drug-likeness (QED) is 0.390. The summed E-state index contributed by atoms with van der Waals surface area (Å²) >= 11 is 2.67. The monoisotopic (exact) mass is 462 g/mol. The number of benzene rings is 3. The molecule has 0 saturated carbocycles. The van der Waals surface area contributed by atoms with E-state index in [1.165, 1.54) is 24.7 Å². The zero-order valence-electron chi connectivity index (χ0n) is 11.9. The topological polar surface area (TPSA) is 0 Å². The predicted molar refractivity (Wildman–Crippen MR) is 105 cm³/mol. The van der Waals surface area contributed by atoms with Crippen molar-refractivity contribution in [2.45, 2.75) is 0 Å². The van der Waals surface area contributed by atoms with Crippen LogP contribution in [0.2, 0.25) is 0 Å². The van der Waals surface area contributed by atoms with Crippen LogP contribution in [0.1, 0.15) is 11.1 Å². The summed E-state index contributed by atoms with van der Waals surface area (Å²) in [6, 6.07) is 30.1. The van der Waals surface area contributed by atoms with Crippen LogP contribution in [-0.2, 0) is 0 Å². The van der Waals surface area contributed by atoms with E-state index >= 15 is 0 Å². The fourth-order valence-electron chi connectivity index (χ4n) is 2.18. The predicted octanol–water partition coefficient (Wildman–Crippen LogP) is 4.71. The Kier molecular flexibility index (Phi) is 5.49. The maximum absolute atomic E-state index is 2.39. The van der Waals surface area contributed by atoms with Gasteiger partial charge < -0.3 is 0 Å². The van der Waals surface area contributed by atoms with Crippen molar-refractivity contribution in [3.8, 4) is 0 Å². The van der Waals surface area contributed by atoms with Gasteiger partial charge in [-0.25, -0.2) is 0 Å². The number of halogens is 1. The molecule has 0 nitrogen and oxygen atoms in total. The Labute approximate surface area is 151 Å². The average Bonchev–Trinajstić information content (AvgIpc) is 2.59. The second kappa shape index (κ2) is 7.77. The summed E-state index contributed by atoms with van der Waals surface area (Å²) in [7, 11) is 0. The third kappa shape index (κ3) is 4.10. The normalized spacial score (nSPS) is 10.2. The van der Waals surface area contributed by atoms with Crippen molar-refractivity contribution in [1.29, 1.82) is 0 Å². The molecule has 3 rings (SSSR count). The molecule has 0 bridgehead atoms. The van der Waals surface area contributed by atoms with Crippen LogP contribution in [0.25, 0.3) is 5.57 Å². The molecule has 0 spiro atoms. The molecule has 0 aliphatic heterocycles. The summed E-state index contributed by atoms with van der Waals surface area (Å²) in [6.07, 6.45) is 0. The van der Waals surface area contributed by atoms with E-state index in [1.807, 2.05) is 0 Å². The van der Waals surface area contributed by atoms with Gasteiger partial charge in [0.15, 0.2) is 0 Å². The van der Waals surface area contributed by atoms with Crippen LogP contribution in [-0.4, -0.2) is 15.0 Å². The molecule has 3 aromatic rings. The second-order valence-electron chi connectivity index (χ2n) is 4.84. The molecule has 108 valence electrons. The molecule has 22 heavy (non-hydrogen) atoms. The van der Waals surface area contributed by atoms with Crippen molar-refractivity contribution in [2.24, 2.45) is 0 Å². The van der Waals surface area contributed by atoms with Crippen molar-refractivity contribution in [2.75, 3.05) is 0 Å². The van der Waals surface area contributed by atoms with Crippen molar-refractivity contribution < 1.29 is 0 Å². The van der Waals surface area contributed by atoms with Gasteiger partial charge in [0.05, 0.1) is 0 Å². The van der Waals surface area contributed by atoms with Gasteiger partial charge in [0, 0.05) is 0 Å². The zero-order valence-corrected chi connectivity index (χ0v) is 15.8. The molecule has 0 aromatic heterocycles. The summed E-state index contributed by atoms with van der Waals surface area (Å²) in [5.41, 5.74) is 3.88. The molecule has 0 aliphatic carbocycles. The van der Waals surface area contributed by atoms with Crippen LogP contribution in [0.3, 0.4) is 0 Å². The van der Waals surface area contributed by atoms with Gasteiger partial charge in [-0.3, -0.25) is 0 Å². The summed E-state index contributed by atoms with van der Waals surface area (Å²) < 4.78 is 2.68. The first-order valence-electron chi connectivity index (χ1n) is 7.06. The van der Waals surface area contributed by atoms with Gasteiger partial charge in [-0.05, 0) is 0 Å². The number of rotatable bonds is 4. The van der Waals surface area contributed by atoms with Gasteiger partial charge in [0.2, 0.25) is 0 Å². The van der Waals surface area contributed by atoms with Crippen LogP contribution in [0.5, 0.6) is 0 Å². The van der Waals surface area contributed by atoms with Gasteiger partial charge in [-0.2, -0.15) is 0 Å². The first-order chi connectivity index (χ1) is 10.8. The number of hydrogen-bond donors (Lipinski definition) is 0. The van der Waals surface area contributed by atoms with Gasteiger partial charge in [-0.1, -0.05) is 0 Å². The Morgan fingerprint density at radius 1 is 0.682 bits per heavy atom. The first-order valence-corrected chi connectivity index (χ1v) is 9.98. The van der Waals surface area contributed by atoms with Crippen molar-refractivity contribution in [3.63, 3.8) is 0 Å². The van der Waals surface area contributed by atoms with Crippen molar-refractivity contribution in [1.82, 2.24) is 0 Å². The molecule has 3 aromatic carbocycles. The standard InChI is InChI=1S/C20H15ISe/c21-18-11-13-19(14-12-18)22-15-20(16-7-3-1-4-8-16)17-9-5-2-6-10-17/h1-15H. The first kappa shape index (κ1) is 15.5. The van der Waals surface area contributed by atoms with Crippen LogP contribution >= 0.6 is 22.6 Å². The van der Waals surface area contributed by atoms with E-state index in [0.717, 1.165) is 0 Å². The Morgan fingerprint density at radius 2 is 1.18 bits per heavy atom. The van der Waals surface area contributed by atoms with E-state index in [0.29, 0.717) is 15.0 Å². The Hall–Kier alpha value is -1.35. The molecule has 0 atom stereocenters. The summed E-state index contributed by atoms with van der Waals surface area (Å²) in [5, 5.41) is 0. The third-order valence-corrected chi connectivity index (χ3v) is 5.90. The Bertz CT molecular complexity index is 705. The Morgan fingerprint density at radius 3 is 1.68 bits per heavy atom. The van der Waals surface area contributed by atoms with Gasteiger partial charge in [-0.15, -0.1) is 0 Å². The molecular weight excluding hydrogens is 446 g/mol. The van der Waals surface area contributed by atoms with Crippen molar-refractivity contribution >= 4 is 47.6 Å². The van der Waals surface area contributed by atoms with E-state index in [2.05, 4.69) is 112 Å². The second-order valence-corrected chi connectivity index (χ2v) is 8.06. The van der Waals surface area contributed by atoms with E-state index in [-0.39, 0.29) is 0 Å². The molecular formula is C20H15ISe. The van der Waals surface area contributed by atoms with Crippen LogP contribution < -0.4 is 4.46 Å². The molecule has 0 radical (unpaired) electrons. The zero-order chi connectivity index (χ0) is 15.2. The summed E-state index contributed by atoms with van der Waals surface area (Å²) in [6.45, 7) is 0. The molecule has 0 aliphatic rings. The molecule has 0 fully saturated rings. The molecule has 0 N–H and O–H groups in total. The fourth-order valence-corrected chi connectivity index (χ4v) is 4.26. The molecule has 0 heterocycles. The van der Waals surface area contributed by atoms with Crippen LogP contribution in [0.4, 0.5) is 0 Å². The van der Waals surface area contributed by atoms with Gasteiger partial charge >= 0.3 is 152 Å². The Balaban J connectivity index is 1.95. The molecule has 0 saturated heterocycles. The SMILES string of the molecule is Ic1ccc([Se]C=C(c2ccccc2)c2ccccc2)cc1. The number of hydrogen-bond acceptors (Lipinski definition) is 0. The van der Waals surface area contributed by atoms with E-state index < -0.39 is 0 Å². The summed E-state index contributed by atoms with van der Waals surface area (Å²) in [5.74, 6) is 0. The van der Waals surface area contributed by atoms with Crippen LogP contribution in [0, 0.1) is 3.57 Å². The van der Waals surface area contributed by atoms with Crippen molar-refractivity contribution in [3.05, 3.63) is 105 Å². The van der Waals surface area contributed by atoms with Gasteiger partial charge in [0.25, 0.3) is 0 Å². The summed E-state index contributed by atoms with van der Waals surface area (Å²) in [4.78, 5) is 2.39. The minimum absolute atomic E-state index is 0.325. The molecule has 2 heteroatoms. The molecule has 0 amide bonds. The maximum atomic E-state index is 2.39. The minimum atomic E-state index is 0.325. The van der Waals surface area contributed by atoms with E-state index in [9.17, 15) is 0 Å². The van der Waals surface area contributed by atoms with E-state index in [4.69, 9.17) is 0 Å². The third-order valence-electron chi connectivity index (χ3n) is 3.30. The van der Waals surface area contributed by atoms with E-state index in [1.54, 1.807) is 0 Å². The average molecular weight is 461 g/mol. The van der Waals surface area contributed by atoms with Crippen LogP contribution in [0.15, 0.2) is 89.9 Å². The fraction of sp³-hybridized carbons (Fsp3) is 0.